The molecule has 6 nitrogen and oxygen atoms in total. The number of fused-ring (bicyclic) bond motifs is 5. The van der Waals surface area contributed by atoms with Crippen LogP contribution in [0.15, 0.2) is 36.4 Å². The lowest BCUT2D eigenvalue weighted by atomic mass is 9.88. The molecule has 0 fully saturated rings. The molecule has 0 aliphatic carbocycles. The first kappa shape index (κ1) is 16.3. The summed E-state index contributed by atoms with van der Waals surface area (Å²) in [4.78, 5) is 24.0. The van der Waals surface area contributed by atoms with Crippen LogP contribution < -0.4 is 0 Å². The van der Waals surface area contributed by atoms with Crippen LogP contribution in [-0.4, -0.2) is 47.9 Å². The summed E-state index contributed by atoms with van der Waals surface area (Å²) in [5, 5.41) is 4.53. The van der Waals surface area contributed by atoms with Gasteiger partial charge >= 0.3 is 0 Å². The predicted octanol–water partition coefficient (Wildman–Crippen LogP) is 2.21. The third-order valence-electron chi connectivity index (χ3n) is 5.32. The quantitative estimate of drug-likeness (QED) is 0.621. The molecular weight excluding hydrogens is 318 g/mol. The maximum absolute atomic E-state index is 12.9. The molecule has 2 aliphatic heterocycles. The predicted molar refractivity (Wildman–Crippen MR) is 94.4 cm³/mol. The minimum Gasteiger partial charge on any atom is -0.346 e. The Kier molecular flexibility index (Phi) is 4.11. The fourth-order valence-corrected chi connectivity index (χ4v) is 4.09. The average Bonchev–Trinajstić information content (AvgIpc) is 2.81. The van der Waals surface area contributed by atoms with Crippen LogP contribution in [0.25, 0.3) is 10.9 Å². The Bertz CT molecular complexity index is 842. The lowest BCUT2D eigenvalue weighted by molar-refractivity contribution is -0.201. The molecule has 1 aromatic heterocycles. The van der Waals surface area contributed by atoms with Gasteiger partial charge in [-0.15, -0.1) is 0 Å². The van der Waals surface area contributed by atoms with Gasteiger partial charge in [-0.3, -0.25) is 14.5 Å². The molecular formula is C19H23N3O3. The van der Waals surface area contributed by atoms with Crippen LogP contribution in [-0.2, 0) is 27.9 Å². The number of rotatable bonds is 2. The molecule has 0 spiro atoms. The molecule has 0 saturated carbocycles. The van der Waals surface area contributed by atoms with E-state index in [1.807, 2.05) is 17.2 Å². The van der Waals surface area contributed by atoms with Gasteiger partial charge in [0.15, 0.2) is 0 Å². The molecule has 2 atom stereocenters. The van der Waals surface area contributed by atoms with Gasteiger partial charge in [0.25, 0.3) is 5.91 Å². The van der Waals surface area contributed by atoms with Gasteiger partial charge in [-0.1, -0.05) is 30.4 Å². The zero-order valence-electron chi connectivity index (χ0n) is 14.8. The fourth-order valence-electron chi connectivity index (χ4n) is 4.09. The van der Waals surface area contributed by atoms with Crippen molar-refractivity contribution in [2.45, 2.75) is 12.5 Å². The van der Waals surface area contributed by atoms with Gasteiger partial charge in [0, 0.05) is 37.2 Å². The molecule has 0 N–H and O–H groups in total. The van der Waals surface area contributed by atoms with E-state index in [4.69, 9.17) is 9.68 Å². The summed E-state index contributed by atoms with van der Waals surface area (Å²) in [7, 11) is 5.23. The highest BCUT2D eigenvalue weighted by Crippen LogP contribution is 2.42. The van der Waals surface area contributed by atoms with Crippen molar-refractivity contribution < 1.29 is 14.5 Å². The second-order valence-electron chi connectivity index (χ2n) is 6.54. The third-order valence-corrected chi connectivity index (χ3v) is 5.32. The fraction of sp³-hybridized carbons (Fsp3) is 0.421. The summed E-state index contributed by atoms with van der Waals surface area (Å²) in [5.41, 5.74) is 3.66. The first-order valence-corrected chi connectivity index (χ1v) is 8.57. The zero-order valence-corrected chi connectivity index (χ0v) is 14.8. The third kappa shape index (κ3) is 2.49. The molecule has 2 aliphatic rings. The number of aryl methyl sites for hydroxylation is 1. The van der Waals surface area contributed by atoms with Gasteiger partial charge in [0.1, 0.15) is 0 Å². The molecule has 0 unspecified atom stereocenters. The smallest absolute Gasteiger partial charge is 0.254 e. The number of carbonyl (C=O) groups excluding carboxylic acids is 1. The number of para-hydroxylation sites is 1. The maximum Gasteiger partial charge on any atom is 0.254 e. The number of benzene rings is 1. The van der Waals surface area contributed by atoms with E-state index in [0.717, 1.165) is 18.7 Å². The van der Waals surface area contributed by atoms with Crippen LogP contribution in [0.1, 0.15) is 17.3 Å². The van der Waals surface area contributed by atoms with Crippen LogP contribution >= 0.6 is 0 Å². The molecule has 1 aromatic carbocycles. The molecule has 4 rings (SSSR count). The van der Waals surface area contributed by atoms with E-state index in [1.54, 1.807) is 7.05 Å². The summed E-state index contributed by atoms with van der Waals surface area (Å²) in [6, 6.07) is 8.25. The van der Waals surface area contributed by atoms with Gasteiger partial charge in [-0.2, -0.15) is 5.06 Å². The normalized spacial score (nSPS) is 23.2. The summed E-state index contributed by atoms with van der Waals surface area (Å²) in [5.74, 6) is -0.424. The van der Waals surface area contributed by atoms with Crippen molar-refractivity contribution in [3.05, 3.63) is 47.7 Å². The monoisotopic (exact) mass is 341 g/mol. The van der Waals surface area contributed by atoms with E-state index in [1.165, 1.54) is 28.6 Å². The SMILES string of the molecule is CON(C)C(=O)[C@H]1C=CCON2CCc3c(n(C)c4ccccc34)[C@H]12. The molecule has 25 heavy (non-hydrogen) atoms. The number of aromatic nitrogens is 1. The number of hydrogen-bond donors (Lipinski definition) is 0. The van der Waals surface area contributed by atoms with Gasteiger partial charge < -0.3 is 4.57 Å². The molecule has 3 heterocycles. The van der Waals surface area contributed by atoms with E-state index in [2.05, 4.69) is 35.9 Å². The molecule has 6 heteroatoms. The van der Waals surface area contributed by atoms with Crippen molar-refractivity contribution in [3.8, 4) is 0 Å². The van der Waals surface area contributed by atoms with E-state index < -0.39 is 0 Å². The highest BCUT2D eigenvalue weighted by atomic mass is 16.7. The Morgan fingerprint density at radius 1 is 1.36 bits per heavy atom. The average molecular weight is 341 g/mol. The van der Waals surface area contributed by atoms with Crippen LogP contribution in [0.4, 0.5) is 0 Å². The van der Waals surface area contributed by atoms with Crippen LogP contribution in [0.5, 0.6) is 0 Å². The Balaban J connectivity index is 1.89. The standard InChI is InChI=1S/C19H23N3O3/c1-20-16-9-5-4-7-13(16)14-10-11-22-18(17(14)20)15(8-6-12-25-22)19(23)21(2)24-3/h4-9,15,18H,10-12H2,1-3H3/t15-,18-/m0/s1. The molecule has 1 amide bonds. The van der Waals surface area contributed by atoms with Crippen LogP contribution in [0.3, 0.4) is 0 Å². The lowest BCUT2D eigenvalue weighted by Gasteiger charge is -2.38. The van der Waals surface area contributed by atoms with Gasteiger partial charge in [0.2, 0.25) is 0 Å². The van der Waals surface area contributed by atoms with Gasteiger partial charge in [-0.05, 0) is 18.1 Å². The highest BCUT2D eigenvalue weighted by Gasteiger charge is 2.42. The Hall–Kier alpha value is -2.15. The van der Waals surface area contributed by atoms with Crippen molar-refractivity contribution >= 4 is 16.8 Å². The van der Waals surface area contributed by atoms with Crippen molar-refractivity contribution in [1.29, 1.82) is 0 Å². The minimum atomic E-state index is -0.352. The largest absolute Gasteiger partial charge is 0.346 e. The van der Waals surface area contributed by atoms with Crippen molar-refractivity contribution in [2.24, 2.45) is 13.0 Å². The van der Waals surface area contributed by atoms with E-state index in [-0.39, 0.29) is 17.9 Å². The number of hydrogen-bond acceptors (Lipinski definition) is 4. The number of hydroxylamine groups is 4. The van der Waals surface area contributed by atoms with Crippen molar-refractivity contribution in [2.75, 3.05) is 27.3 Å². The van der Waals surface area contributed by atoms with Crippen molar-refractivity contribution in [1.82, 2.24) is 14.7 Å². The second kappa shape index (κ2) is 6.29. The van der Waals surface area contributed by atoms with Crippen molar-refractivity contribution in [3.63, 3.8) is 0 Å². The molecule has 0 bridgehead atoms. The van der Waals surface area contributed by atoms with Gasteiger partial charge in [0.05, 0.1) is 25.7 Å². The van der Waals surface area contributed by atoms with E-state index in [9.17, 15) is 4.79 Å². The van der Waals surface area contributed by atoms with E-state index in [0.29, 0.717) is 6.61 Å². The summed E-state index contributed by atoms with van der Waals surface area (Å²) >= 11 is 0. The van der Waals surface area contributed by atoms with Gasteiger partial charge in [-0.25, -0.2) is 5.06 Å². The molecule has 2 aromatic rings. The Morgan fingerprint density at radius 2 is 2.16 bits per heavy atom. The first-order valence-electron chi connectivity index (χ1n) is 8.57. The Morgan fingerprint density at radius 3 is 2.96 bits per heavy atom. The lowest BCUT2D eigenvalue weighted by Crippen LogP contribution is -2.44. The first-order chi connectivity index (χ1) is 12.1. The number of nitrogens with zero attached hydrogens (tertiary/aromatic N) is 3. The second-order valence-corrected chi connectivity index (χ2v) is 6.54. The Labute approximate surface area is 147 Å². The highest BCUT2D eigenvalue weighted by molar-refractivity contribution is 5.87. The summed E-state index contributed by atoms with van der Waals surface area (Å²) in [6.07, 6.45) is 4.79. The molecule has 132 valence electrons. The van der Waals surface area contributed by atoms with E-state index >= 15 is 0 Å². The number of carbonyl (C=O) groups is 1. The van der Waals surface area contributed by atoms with Crippen LogP contribution in [0, 0.1) is 5.92 Å². The topological polar surface area (TPSA) is 46.9 Å². The zero-order chi connectivity index (χ0) is 17.6. The summed E-state index contributed by atoms with van der Waals surface area (Å²) < 4.78 is 2.21. The van der Waals surface area contributed by atoms with Crippen LogP contribution in [0.2, 0.25) is 0 Å². The minimum absolute atomic E-state index is 0.0719. The molecule has 0 saturated heterocycles. The maximum atomic E-state index is 12.9. The summed E-state index contributed by atoms with van der Waals surface area (Å²) in [6.45, 7) is 1.25. The number of amides is 1. The molecule has 0 radical (unpaired) electrons.